The Morgan fingerprint density at radius 2 is 2.27 bits per heavy atom. The lowest BCUT2D eigenvalue weighted by atomic mass is 9.62. The predicted octanol–water partition coefficient (Wildman–Crippen LogP) is 2.23. The molecule has 2 aliphatic rings. The second-order valence-corrected chi connectivity index (χ2v) is 4.18. The molecule has 0 saturated heterocycles. The van der Waals surface area contributed by atoms with Gasteiger partial charge >= 0.3 is 0 Å². The first kappa shape index (κ1) is 7.60. The Kier molecular flexibility index (Phi) is 1.92. The fourth-order valence-electron chi connectivity index (χ4n) is 2.34. The average molecular weight is 173 g/mol. The summed E-state index contributed by atoms with van der Waals surface area (Å²) in [5.41, 5.74) is 0. The van der Waals surface area contributed by atoms with Crippen molar-refractivity contribution in [3.63, 3.8) is 0 Å². The topological polar surface area (TPSA) is 17.1 Å². The van der Waals surface area contributed by atoms with Crippen molar-refractivity contribution in [2.75, 3.05) is 5.88 Å². The molecule has 1 nitrogen and oxygen atoms in total. The van der Waals surface area contributed by atoms with E-state index in [0.717, 1.165) is 12.8 Å². The number of halogens is 1. The highest BCUT2D eigenvalue weighted by Crippen LogP contribution is 2.44. The number of alkyl halides is 1. The minimum Gasteiger partial charge on any atom is -0.299 e. The summed E-state index contributed by atoms with van der Waals surface area (Å²) in [4.78, 5) is 11.4. The zero-order valence-electron chi connectivity index (χ0n) is 6.55. The van der Waals surface area contributed by atoms with Crippen molar-refractivity contribution < 1.29 is 4.79 Å². The molecule has 0 aromatic rings. The van der Waals surface area contributed by atoms with Crippen LogP contribution in [0.1, 0.15) is 25.7 Å². The van der Waals surface area contributed by atoms with Crippen LogP contribution in [0.15, 0.2) is 0 Å². The number of hydrogen-bond acceptors (Lipinski definition) is 1. The van der Waals surface area contributed by atoms with Gasteiger partial charge in [-0.2, -0.15) is 0 Å². The molecule has 0 aliphatic heterocycles. The van der Waals surface area contributed by atoms with E-state index in [1.54, 1.807) is 0 Å². The van der Waals surface area contributed by atoms with E-state index in [4.69, 9.17) is 11.6 Å². The van der Waals surface area contributed by atoms with Crippen LogP contribution >= 0.6 is 11.6 Å². The van der Waals surface area contributed by atoms with E-state index in [1.807, 2.05) is 0 Å². The van der Waals surface area contributed by atoms with Crippen LogP contribution in [0.3, 0.4) is 0 Å². The second-order valence-electron chi connectivity index (χ2n) is 3.87. The number of carbonyl (C=O) groups excluding carboxylic acids is 1. The van der Waals surface area contributed by atoms with Gasteiger partial charge in [0, 0.05) is 18.2 Å². The van der Waals surface area contributed by atoms with E-state index < -0.39 is 0 Å². The average Bonchev–Trinajstić information content (AvgIpc) is 1.93. The van der Waals surface area contributed by atoms with Gasteiger partial charge in [-0.05, 0) is 31.1 Å². The van der Waals surface area contributed by atoms with E-state index in [2.05, 4.69) is 0 Å². The maximum Gasteiger partial charge on any atom is 0.136 e. The maximum atomic E-state index is 11.4. The number of rotatable bonds is 1. The molecule has 62 valence electrons. The molecule has 0 N–H and O–H groups in total. The minimum absolute atomic E-state index is 0.439. The number of Topliss-reactive ketones (excluding diaryl/α,β-unsaturated/α-hetero) is 1. The Bertz CT molecular complexity index is 176. The lowest BCUT2D eigenvalue weighted by Crippen LogP contribution is -2.40. The molecule has 2 saturated carbocycles. The standard InChI is InChI=1S/C9H13ClO/c10-5-6-3-7-1-2-8(7)9(11)4-6/h6-8H,1-5H2/t6-,7+,8+/m0/s1. The molecular weight excluding hydrogens is 160 g/mol. The van der Waals surface area contributed by atoms with Gasteiger partial charge in [0.1, 0.15) is 5.78 Å². The van der Waals surface area contributed by atoms with Crippen molar-refractivity contribution in [1.29, 1.82) is 0 Å². The van der Waals surface area contributed by atoms with Gasteiger partial charge in [-0.1, -0.05) is 0 Å². The summed E-state index contributed by atoms with van der Waals surface area (Å²) < 4.78 is 0. The molecule has 0 bridgehead atoms. The zero-order chi connectivity index (χ0) is 7.84. The maximum absolute atomic E-state index is 11.4. The van der Waals surface area contributed by atoms with E-state index >= 15 is 0 Å². The Morgan fingerprint density at radius 1 is 1.45 bits per heavy atom. The summed E-state index contributed by atoms with van der Waals surface area (Å²) in [6, 6.07) is 0. The molecule has 0 unspecified atom stereocenters. The first-order valence-electron chi connectivity index (χ1n) is 4.40. The van der Waals surface area contributed by atoms with Crippen LogP contribution in [0.4, 0.5) is 0 Å². The molecule has 0 aromatic carbocycles. The van der Waals surface area contributed by atoms with Gasteiger partial charge in [0.05, 0.1) is 0 Å². The number of hydrogen-bond donors (Lipinski definition) is 0. The van der Waals surface area contributed by atoms with Gasteiger partial charge in [0.15, 0.2) is 0 Å². The Balaban J connectivity index is 2.00. The molecule has 0 radical (unpaired) electrons. The van der Waals surface area contributed by atoms with E-state index in [9.17, 15) is 4.79 Å². The van der Waals surface area contributed by atoms with Crippen LogP contribution in [0, 0.1) is 17.8 Å². The van der Waals surface area contributed by atoms with E-state index in [1.165, 1.54) is 12.8 Å². The van der Waals surface area contributed by atoms with Gasteiger partial charge in [0.2, 0.25) is 0 Å². The second kappa shape index (κ2) is 2.78. The fourth-order valence-corrected chi connectivity index (χ4v) is 2.58. The summed E-state index contributed by atoms with van der Waals surface area (Å²) in [5, 5.41) is 0. The fraction of sp³-hybridized carbons (Fsp3) is 0.889. The van der Waals surface area contributed by atoms with Crippen LogP contribution in [-0.4, -0.2) is 11.7 Å². The van der Waals surface area contributed by atoms with Crippen molar-refractivity contribution in [3.8, 4) is 0 Å². The SMILES string of the molecule is O=C1C[C@@H](CCl)C[C@H]2CC[C@@H]12. The Labute approximate surface area is 72.1 Å². The van der Waals surface area contributed by atoms with Gasteiger partial charge < -0.3 is 0 Å². The van der Waals surface area contributed by atoms with Crippen LogP contribution in [-0.2, 0) is 4.79 Å². The van der Waals surface area contributed by atoms with Crippen LogP contribution in [0.5, 0.6) is 0 Å². The lowest BCUT2D eigenvalue weighted by molar-refractivity contribution is -0.132. The van der Waals surface area contributed by atoms with Gasteiger partial charge in [-0.3, -0.25) is 4.79 Å². The summed E-state index contributed by atoms with van der Waals surface area (Å²) in [5.74, 6) is 2.80. The van der Waals surface area contributed by atoms with Crippen molar-refractivity contribution in [3.05, 3.63) is 0 Å². The molecule has 2 aliphatic carbocycles. The van der Waals surface area contributed by atoms with E-state index in [-0.39, 0.29) is 0 Å². The molecule has 0 heterocycles. The number of fused-ring (bicyclic) bond motifs is 1. The van der Waals surface area contributed by atoms with Gasteiger partial charge in [-0.15, -0.1) is 11.6 Å². The largest absolute Gasteiger partial charge is 0.299 e. The van der Waals surface area contributed by atoms with Crippen molar-refractivity contribution in [2.45, 2.75) is 25.7 Å². The predicted molar refractivity (Wildman–Crippen MR) is 44.7 cm³/mol. The molecule has 2 heteroatoms. The van der Waals surface area contributed by atoms with Gasteiger partial charge in [-0.25, -0.2) is 0 Å². The lowest BCUT2D eigenvalue weighted by Gasteiger charge is -2.42. The molecule has 3 atom stereocenters. The normalized spacial score (nSPS) is 43.0. The monoisotopic (exact) mass is 172 g/mol. The van der Waals surface area contributed by atoms with Crippen molar-refractivity contribution in [1.82, 2.24) is 0 Å². The summed E-state index contributed by atoms with van der Waals surface area (Å²) >= 11 is 5.73. The highest BCUT2D eigenvalue weighted by molar-refractivity contribution is 6.18. The first-order valence-corrected chi connectivity index (χ1v) is 4.93. The highest BCUT2D eigenvalue weighted by Gasteiger charge is 2.41. The molecule has 2 rings (SSSR count). The molecule has 0 aromatic heterocycles. The van der Waals surface area contributed by atoms with Crippen LogP contribution in [0.25, 0.3) is 0 Å². The molecule has 11 heavy (non-hydrogen) atoms. The minimum atomic E-state index is 0.439. The third-order valence-corrected chi connectivity index (χ3v) is 3.61. The Hall–Kier alpha value is -0.0400. The van der Waals surface area contributed by atoms with Crippen LogP contribution < -0.4 is 0 Å². The van der Waals surface area contributed by atoms with Crippen molar-refractivity contribution >= 4 is 17.4 Å². The number of carbonyl (C=O) groups is 1. The molecule has 0 spiro atoms. The highest BCUT2D eigenvalue weighted by atomic mass is 35.5. The summed E-state index contributed by atoms with van der Waals surface area (Å²) in [7, 11) is 0. The Morgan fingerprint density at radius 3 is 2.73 bits per heavy atom. The van der Waals surface area contributed by atoms with E-state index in [0.29, 0.717) is 29.4 Å². The molecule has 0 amide bonds. The van der Waals surface area contributed by atoms with Crippen LogP contribution in [0.2, 0.25) is 0 Å². The first-order chi connectivity index (χ1) is 5.31. The molecule has 2 fully saturated rings. The third-order valence-electron chi connectivity index (χ3n) is 3.18. The summed E-state index contributed by atoms with van der Waals surface area (Å²) in [6.07, 6.45) is 4.38. The summed E-state index contributed by atoms with van der Waals surface area (Å²) in [6.45, 7) is 0. The third kappa shape index (κ3) is 1.20. The molecular formula is C9H13ClO. The zero-order valence-corrected chi connectivity index (χ0v) is 7.31. The van der Waals surface area contributed by atoms with Crippen molar-refractivity contribution in [2.24, 2.45) is 17.8 Å². The smallest absolute Gasteiger partial charge is 0.136 e. The number of ketones is 1. The van der Waals surface area contributed by atoms with Gasteiger partial charge in [0.25, 0.3) is 0 Å². The quantitative estimate of drug-likeness (QED) is 0.555.